The van der Waals surface area contributed by atoms with E-state index in [1.165, 1.54) is 17.0 Å². The number of ether oxygens (including phenoxy) is 1. The van der Waals surface area contributed by atoms with Crippen molar-refractivity contribution in [3.63, 3.8) is 0 Å². The SMILES string of the molecule is O=C(CN1CCO[C@H](c2ccc(F)cc2)C1)N1CCC[C@@H](C(F)(F)F)C1. The Hall–Kier alpha value is -1.67. The van der Waals surface area contributed by atoms with Crippen LogP contribution >= 0.6 is 0 Å². The summed E-state index contributed by atoms with van der Waals surface area (Å²) >= 11 is 0. The quantitative estimate of drug-likeness (QED) is 0.763. The zero-order valence-electron chi connectivity index (χ0n) is 14.3. The summed E-state index contributed by atoms with van der Waals surface area (Å²) in [5.74, 6) is -2.04. The van der Waals surface area contributed by atoms with Crippen molar-refractivity contribution in [1.82, 2.24) is 9.80 Å². The van der Waals surface area contributed by atoms with Crippen molar-refractivity contribution in [2.75, 3.05) is 39.3 Å². The van der Waals surface area contributed by atoms with Crippen molar-refractivity contribution in [2.45, 2.75) is 25.1 Å². The summed E-state index contributed by atoms with van der Waals surface area (Å²) in [6, 6.07) is 6.00. The molecule has 1 aromatic carbocycles. The number of nitrogens with zero attached hydrogens (tertiary/aromatic N) is 2. The average Bonchev–Trinajstić information content (AvgIpc) is 2.62. The van der Waals surface area contributed by atoms with E-state index in [0.717, 1.165) is 5.56 Å². The van der Waals surface area contributed by atoms with Gasteiger partial charge in [0.15, 0.2) is 0 Å². The van der Waals surface area contributed by atoms with Gasteiger partial charge in [-0.3, -0.25) is 9.69 Å². The van der Waals surface area contributed by atoms with E-state index < -0.39 is 12.1 Å². The lowest BCUT2D eigenvalue weighted by molar-refractivity contribution is -0.188. The van der Waals surface area contributed by atoms with Gasteiger partial charge in [0, 0.05) is 26.2 Å². The molecule has 2 saturated heterocycles. The van der Waals surface area contributed by atoms with Gasteiger partial charge < -0.3 is 9.64 Å². The van der Waals surface area contributed by atoms with Crippen molar-refractivity contribution in [3.05, 3.63) is 35.6 Å². The lowest BCUT2D eigenvalue weighted by Crippen LogP contribution is -2.50. The summed E-state index contributed by atoms with van der Waals surface area (Å²) in [6.45, 7) is 1.60. The molecular weight excluding hydrogens is 352 g/mol. The Kier molecular flexibility index (Phi) is 5.82. The second kappa shape index (κ2) is 7.92. The van der Waals surface area contributed by atoms with Gasteiger partial charge in [-0.1, -0.05) is 12.1 Å². The number of alkyl halides is 3. The first-order valence-electron chi connectivity index (χ1n) is 8.77. The van der Waals surface area contributed by atoms with Gasteiger partial charge in [-0.05, 0) is 30.5 Å². The number of carbonyl (C=O) groups is 1. The Bertz CT molecular complexity index is 621. The van der Waals surface area contributed by atoms with E-state index >= 15 is 0 Å². The van der Waals surface area contributed by atoms with Crippen molar-refractivity contribution >= 4 is 5.91 Å². The molecule has 0 radical (unpaired) electrons. The fourth-order valence-corrected chi connectivity index (χ4v) is 3.49. The molecule has 144 valence electrons. The van der Waals surface area contributed by atoms with Crippen molar-refractivity contribution in [2.24, 2.45) is 5.92 Å². The Morgan fingerprint density at radius 3 is 2.58 bits per heavy atom. The van der Waals surface area contributed by atoms with Crippen LogP contribution in [0.15, 0.2) is 24.3 Å². The van der Waals surface area contributed by atoms with Crippen LogP contribution in [0.25, 0.3) is 0 Å². The predicted octanol–water partition coefficient (Wildman–Crippen LogP) is 3.00. The average molecular weight is 374 g/mol. The number of likely N-dealkylation sites (tertiary alicyclic amines) is 1. The third-order valence-corrected chi connectivity index (χ3v) is 4.99. The molecule has 0 saturated carbocycles. The molecule has 0 unspecified atom stereocenters. The van der Waals surface area contributed by atoms with E-state index in [1.54, 1.807) is 12.1 Å². The predicted molar refractivity (Wildman–Crippen MR) is 86.9 cm³/mol. The minimum absolute atomic E-state index is 0.0750. The van der Waals surface area contributed by atoms with Crippen molar-refractivity contribution < 1.29 is 27.1 Å². The van der Waals surface area contributed by atoms with E-state index in [9.17, 15) is 22.4 Å². The maximum Gasteiger partial charge on any atom is 0.393 e. The number of amides is 1. The summed E-state index contributed by atoms with van der Waals surface area (Å²) in [6.07, 6.45) is -4.08. The van der Waals surface area contributed by atoms with E-state index in [1.807, 2.05) is 4.90 Å². The first kappa shape index (κ1) is 19.1. The van der Waals surface area contributed by atoms with Crippen LogP contribution in [-0.2, 0) is 9.53 Å². The fourth-order valence-electron chi connectivity index (χ4n) is 3.49. The number of carbonyl (C=O) groups excluding carboxylic acids is 1. The highest BCUT2D eigenvalue weighted by Gasteiger charge is 2.42. The number of halogens is 4. The number of morpholine rings is 1. The minimum Gasteiger partial charge on any atom is -0.371 e. The summed E-state index contributed by atoms with van der Waals surface area (Å²) in [7, 11) is 0. The summed E-state index contributed by atoms with van der Waals surface area (Å²) in [4.78, 5) is 15.7. The summed E-state index contributed by atoms with van der Waals surface area (Å²) in [5.41, 5.74) is 0.818. The number of rotatable bonds is 3. The van der Waals surface area contributed by atoms with Crippen LogP contribution in [0.1, 0.15) is 24.5 Å². The first-order valence-corrected chi connectivity index (χ1v) is 8.77. The monoisotopic (exact) mass is 374 g/mol. The number of piperidine rings is 1. The Balaban J connectivity index is 1.56. The van der Waals surface area contributed by atoms with Gasteiger partial charge in [-0.2, -0.15) is 13.2 Å². The van der Waals surface area contributed by atoms with Crippen LogP contribution in [-0.4, -0.2) is 61.2 Å². The first-order chi connectivity index (χ1) is 12.3. The molecule has 0 N–H and O–H groups in total. The molecule has 26 heavy (non-hydrogen) atoms. The molecule has 0 spiro atoms. The number of hydrogen-bond acceptors (Lipinski definition) is 3. The largest absolute Gasteiger partial charge is 0.393 e. The van der Waals surface area contributed by atoms with Gasteiger partial charge in [0.25, 0.3) is 0 Å². The lowest BCUT2D eigenvalue weighted by Gasteiger charge is -2.37. The maximum atomic E-state index is 13.0. The molecule has 2 atom stereocenters. The molecule has 2 heterocycles. The van der Waals surface area contributed by atoms with Gasteiger partial charge >= 0.3 is 6.18 Å². The second-order valence-electron chi connectivity index (χ2n) is 6.87. The maximum absolute atomic E-state index is 13.0. The number of benzene rings is 1. The topological polar surface area (TPSA) is 32.8 Å². The van der Waals surface area contributed by atoms with Gasteiger partial charge in [-0.25, -0.2) is 4.39 Å². The number of hydrogen-bond donors (Lipinski definition) is 0. The molecule has 2 aliphatic rings. The van der Waals surface area contributed by atoms with Gasteiger partial charge in [0.2, 0.25) is 5.91 Å². The van der Waals surface area contributed by atoms with Crippen LogP contribution in [0, 0.1) is 11.7 Å². The van der Waals surface area contributed by atoms with E-state index in [0.29, 0.717) is 32.7 Å². The zero-order valence-corrected chi connectivity index (χ0v) is 14.3. The molecule has 4 nitrogen and oxygen atoms in total. The Morgan fingerprint density at radius 2 is 1.88 bits per heavy atom. The molecule has 1 amide bonds. The van der Waals surface area contributed by atoms with Crippen LogP contribution < -0.4 is 0 Å². The third-order valence-electron chi connectivity index (χ3n) is 4.99. The van der Waals surface area contributed by atoms with Gasteiger partial charge in [-0.15, -0.1) is 0 Å². The minimum atomic E-state index is -4.26. The van der Waals surface area contributed by atoms with Crippen molar-refractivity contribution in [3.8, 4) is 0 Å². The third kappa shape index (κ3) is 4.73. The highest BCUT2D eigenvalue weighted by atomic mass is 19.4. The summed E-state index contributed by atoms with van der Waals surface area (Å²) < 4.78 is 57.5. The molecule has 8 heteroatoms. The highest BCUT2D eigenvalue weighted by Crippen LogP contribution is 2.33. The van der Waals surface area contributed by atoms with Gasteiger partial charge in [0.1, 0.15) is 5.82 Å². The Morgan fingerprint density at radius 1 is 1.15 bits per heavy atom. The van der Waals surface area contributed by atoms with Crippen LogP contribution in [0.3, 0.4) is 0 Å². The fraction of sp³-hybridized carbons (Fsp3) is 0.611. The zero-order chi connectivity index (χ0) is 18.7. The van der Waals surface area contributed by atoms with Crippen molar-refractivity contribution in [1.29, 1.82) is 0 Å². The summed E-state index contributed by atoms with van der Waals surface area (Å²) in [5, 5.41) is 0. The van der Waals surface area contributed by atoms with E-state index in [4.69, 9.17) is 4.74 Å². The molecule has 2 aliphatic heterocycles. The van der Waals surface area contributed by atoms with E-state index in [-0.39, 0.29) is 37.3 Å². The lowest BCUT2D eigenvalue weighted by atomic mass is 9.97. The molecule has 0 aliphatic carbocycles. The molecule has 2 fully saturated rings. The normalized spacial score (nSPS) is 25.3. The molecular formula is C18H22F4N2O2. The van der Waals surface area contributed by atoms with Crippen LogP contribution in [0.4, 0.5) is 17.6 Å². The molecule has 0 bridgehead atoms. The smallest absolute Gasteiger partial charge is 0.371 e. The second-order valence-corrected chi connectivity index (χ2v) is 6.87. The molecule has 0 aromatic heterocycles. The molecule has 1 aromatic rings. The highest BCUT2D eigenvalue weighted by molar-refractivity contribution is 5.78. The molecule has 3 rings (SSSR count). The standard InChI is InChI=1S/C18H22F4N2O2/c19-15-5-3-13(4-6-15)16-11-23(8-9-26-16)12-17(25)24-7-1-2-14(10-24)18(20,21)22/h3-6,14,16H,1-2,7-12H2/t14-,16+/m1/s1. The van der Waals surface area contributed by atoms with Crippen LogP contribution in [0.5, 0.6) is 0 Å². The Labute approximate surface area is 149 Å². The van der Waals surface area contributed by atoms with Gasteiger partial charge in [0.05, 0.1) is 25.2 Å². The van der Waals surface area contributed by atoms with Crippen LogP contribution in [0.2, 0.25) is 0 Å². The van der Waals surface area contributed by atoms with E-state index in [2.05, 4.69) is 0 Å².